The van der Waals surface area contributed by atoms with Gasteiger partial charge in [0, 0.05) is 31.1 Å². The fourth-order valence-corrected chi connectivity index (χ4v) is 2.93. The first kappa shape index (κ1) is 11.9. The average Bonchev–Trinajstić information content (AvgIpc) is 2.43. The van der Waals surface area contributed by atoms with Gasteiger partial charge in [-0.3, -0.25) is 9.69 Å². The van der Waals surface area contributed by atoms with Crippen molar-refractivity contribution >= 4 is 5.78 Å². The number of carbonyl (C=O) groups excluding carboxylic acids is 1. The smallest absolute Gasteiger partial charge is 0.167 e. The number of ether oxygens (including phenoxy) is 1. The second-order valence-corrected chi connectivity index (χ2v) is 5.17. The van der Waals surface area contributed by atoms with Gasteiger partial charge in [-0.2, -0.15) is 0 Å². The van der Waals surface area contributed by atoms with E-state index in [4.69, 9.17) is 4.74 Å². The van der Waals surface area contributed by atoms with Gasteiger partial charge in [-0.1, -0.05) is 24.3 Å². The largest absolute Gasteiger partial charge is 0.379 e. The molecule has 3 rings (SSSR count). The summed E-state index contributed by atoms with van der Waals surface area (Å²) in [4.78, 5) is 14.8. The second kappa shape index (κ2) is 5.21. The number of benzene rings is 1. The molecule has 1 aliphatic carbocycles. The van der Waals surface area contributed by atoms with Crippen LogP contribution < -0.4 is 0 Å². The lowest BCUT2D eigenvalue weighted by molar-refractivity contribution is 0.0291. The second-order valence-electron chi connectivity index (χ2n) is 5.17. The Morgan fingerprint density at radius 2 is 2.00 bits per heavy atom. The molecule has 96 valence electrons. The molecule has 3 nitrogen and oxygen atoms in total. The van der Waals surface area contributed by atoms with Gasteiger partial charge in [0.05, 0.1) is 13.2 Å². The zero-order valence-electron chi connectivity index (χ0n) is 10.6. The van der Waals surface area contributed by atoms with Crippen LogP contribution in [0.1, 0.15) is 22.3 Å². The number of Topliss-reactive ketones (excluding diaryl/α,β-unsaturated/α-hetero) is 1. The Kier molecular flexibility index (Phi) is 3.43. The summed E-state index contributed by atoms with van der Waals surface area (Å²) in [7, 11) is 0. The molecule has 1 aromatic rings. The number of rotatable bonds is 2. The Morgan fingerprint density at radius 1 is 1.22 bits per heavy atom. The normalized spacial score (nSPS) is 24.9. The predicted octanol–water partition coefficient (Wildman–Crippen LogP) is 1.76. The Bertz CT molecular complexity index is 438. The fraction of sp³-hybridized carbons (Fsp3) is 0.533. The van der Waals surface area contributed by atoms with Gasteiger partial charge in [0.15, 0.2) is 5.78 Å². The van der Waals surface area contributed by atoms with Crippen LogP contribution in [0.4, 0.5) is 0 Å². The summed E-state index contributed by atoms with van der Waals surface area (Å²) < 4.78 is 5.35. The molecule has 0 unspecified atom stereocenters. The van der Waals surface area contributed by atoms with E-state index in [2.05, 4.69) is 11.0 Å². The highest BCUT2D eigenvalue weighted by Gasteiger charge is 2.28. The highest BCUT2D eigenvalue weighted by molar-refractivity contribution is 6.00. The molecular weight excluding hydrogens is 226 g/mol. The molecule has 18 heavy (non-hydrogen) atoms. The van der Waals surface area contributed by atoms with E-state index in [1.807, 2.05) is 18.2 Å². The molecule has 1 aromatic carbocycles. The fourth-order valence-electron chi connectivity index (χ4n) is 2.93. The molecule has 0 spiro atoms. The number of carbonyl (C=O) groups is 1. The molecule has 1 saturated heterocycles. The average molecular weight is 245 g/mol. The predicted molar refractivity (Wildman–Crippen MR) is 69.8 cm³/mol. The van der Waals surface area contributed by atoms with Crippen LogP contribution in [0.15, 0.2) is 24.3 Å². The zero-order valence-corrected chi connectivity index (χ0v) is 10.6. The van der Waals surface area contributed by atoms with Crippen molar-refractivity contribution in [2.45, 2.75) is 12.8 Å². The van der Waals surface area contributed by atoms with Gasteiger partial charge >= 0.3 is 0 Å². The third-order valence-electron chi connectivity index (χ3n) is 4.00. The number of hydrogen-bond donors (Lipinski definition) is 0. The molecule has 0 aromatic heterocycles. The first-order valence-electron chi connectivity index (χ1n) is 6.77. The molecule has 0 bridgehead atoms. The van der Waals surface area contributed by atoms with Crippen molar-refractivity contribution in [2.24, 2.45) is 5.92 Å². The van der Waals surface area contributed by atoms with E-state index in [-0.39, 0.29) is 5.92 Å². The zero-order chi connectivity index (χ0) is 12.4. The van der Waals surface area contributed by atoms with Crippen molar-refractivity contribution in [2.75, 3.05) is 32.8 Å². The quantitative estimate of drug-likeness (QED) is 0.795. The Labute approximate surface area is 108 Å². The van der Waals surface area contributed by atoms with E-state index in [1.54, 1.807) is 0 Å². The number of aryl methyl sites for hydroxylation is 1. The van der Waals surface area contributed by atoms with E-state index in [0.29, 0.717) is 5.78 Å². The van der Waals surface area contributed by atoms with Crippen LogP contribution in [0.5, 0.6) is 0 Å². The summed E-state index contributed by atoms with van der Waals surface area (Å²) in [5.74, 6) is 0.515. The molecule has 0 saturated carbocycles. The lowest BCUT2D eigenvalue weighted by Gasteiger charge is -2.32. The van der Waals surface area contributed by atoms with Gasteiger partial charge in [0.1, 0.15) is 0 Å². The first-order valence-corrected chi connectivity index (χ1v) is 6.77. The number of nitrogens with zero attached hydrogens (tertiary/aromatic N) is 1. The molecule has 3 heteroatoms. The SMILES string of the molecule is O=C1c2ccccc2CC[C@@H]1CN1CCOCC1. The highest BCUT2D eigenvalue weighted by Crippen LogP contribution is 2.26. The van der Waals surface area contributed by atoms with Crippen LogP contribution in [0.25, 0.3) is 0 Å². The van der Waals surface area contributed by atoms with Gasteiger partial charge in [0.2, 0.25) is 0 Å². The number of ketones is 1. The minimum atomic E-state index is 0.179. The van der Waals surface area contributed by atoms with E-state index in [0.717, 1.165) is 51.3 Å². The molecule has 0 amide bonds. The minimum Gasteiger partial charge on any atom is -0.379 e. The van der Waals surface area contributed by atoms with E-state index >= 15 is 0 Å². The van der Waals surface area contributed by atoms with Gasteiger partial charge in [0.25, 0.3) is 0 Å². The number of morpholine rings is 1. The third kappa shape index (κ3) is 2.33. The Morgan fingerprint density at radius 3 is 2.83 bits per heavy atom. The molecule has 1 heterocycles. The molecule has 2 aliphatic rings. The summed E-state index contributed by atoms with van der Waals surface area (Å²) in [6, 6.07) is 8.05. The molecule has 1 fully saturated rings. The van der Waals surface area contributed by atoms with E-state index < -0.39 is 0 Å². The topological polar surface area (TPSA) is 29.5 Å². The lowest BCUT2D eigenvalue weighted by Crippen LogP contribution is -2.42. The number of hydrogen-bond acceptors (Lipinski definition) is 3. The summed E-state index contributed by atoms with van der Waals surface area (Å²) in [6.45, 7) is 4.43. The first-order chi connectivity index (χ1) is 8.84. The van der Waals surface area contributed by atoms with Crippen LogP contribution >= 0.6 is 0 Å². The summed E-state index contributed by atoms with van der Waals surface area (Å²) in [5, 5.41) is 0. The maximum absolute atomic E-state index is 12.4. The number of fused-ring (bicyclic) bond motifs is 1. The van der Waals surface area contributed by atoms with Gasteiger partial charge in [-0.05, 0) is 18.4 Å². The molecule has 1 aliphatic heterocycles. The third-order valence-corrected chi connectivity index (χ3v) is 4.00. The summed E-state index contributed by atoms with van der Waals surface area (Å²) in [6.07, 6.45) is 2.03. The van der Waals surface area contributed by atoms with Crippen LogP contribution in [0.3, 0.4) is 0 Å². The van der Waals surface area contributed by atoms with Gasteiger partial charge in [-0.25, -0.2) is 0 Å². The van der Waals surface area contributed by atoms with Crippen LogP contribution in [0.2, 0.25) is 0 Å². The standard InChI is InChI=1S/C15H19NO2/c17-15-13(11-16-7-9-18-10-8-16)6-5-12-3-1-2-4-14(12)15/h1-4,13H,5-11H2/t13-/m1/s1. The summed E-state index contributed by atoms with van der Waals surface area (Å²) >= 11 is 0. The van der Waals surface area contributed by atoms with Crippen molar-refractivity contribution in [1.82, 2.24) is 4.90 Å². The van der Waals surface area contributed by atoms with Crippen LogP contribution in [-0.2, 0) is 11.2 Å². The molecule has 0 radical (unpaired) electrons. The monoisotopic (exact) mass is 245 g/mol. The van der Waals surface area contributed by atoms with Crippen molar-refractivity contribution in [3.05, 3.63) is 35.4 Å². The van der Waals surface area contributed by atoms with Gasteiger partial charge < -0.3 is 4.74 Å². The summed E-state index contributed by atoms with van der Waals surface area (Å²) in [5.41, 5.74) is 2.17. The van der Waals surface area contributed by atoms with Crippen LogP contribution in [-0.4, -0.2) is 43.5 Å². The van der Waals surface area contributed by atoms with Gasteiger partial charge in [-0.15, -0.1) is 0 Å². The maximum Gasteiger partial charge on any atom is 0.167 e. The van der Waals surface area contributed by atoms with Crippen molar-refractivity contribution in [1.29, 1.82) is 0 Å². The minimum absolute atomic E-state index is 0.179. The molecular formula is C15H19NO2. The maximum atomic E-state index is 12.4. The molecule has 0 N–H and O–H groups in total. The lowest BCUT2D eigenvalue weighted by atomic mass is 9.82. The Balaban J connectivity index is 1.70. The van der Waals surface area contributed by atoms with E-state index in [9.17, 15) is 4.79 Å². The van der Waals surface area contributed by atoms with E-state index in [1.165, 1.54) is 5.56 Å². The highest BCUT2D eigenvalue weighted by atomic mass is 16.5. The van der Waals surface area contributed by atoms with Crippen LogP contribution in [0, 0.1) is 5.92 Å². The molecule has 1 atom stereocenters. The Hall–Kier alpha value is -1.19. The van der Waals surface area contributed by atoms with Crippen molar-refractivity contribution < 1.29 is 9.53 Å². The van der Waals surface area contributed by atoms with Crippen molar-refractivity contribution in [3.63, 3.8) is 0 Å². The van der Waals surface area contributed by atoms with Crippen molar-refractivity contribution in [3.8, 4) is 0 Å².